The highest BCUT2D eigenvalue weighted by Crippen LogP contribution is 2.31. The van der Waals surface area contributed by atoms with E-state index in [4.69, 9.17) is 9.51 Å². The van der Waals surface area contributed by atoms with Crippen molar-refractivity contribution in [1.29, 1.82) is 0 Å². The van der Waals surface area contributed by atoms with E-state index in [1.54, 1.807) is 0 Å². The van der Waals surface area contributed by atoms with Gasteiger partial charge in [0.25, 0.3) is 0 Å². The van der Waals surface area contributed by atoms with Crippen LogP contribution in [-0.2, 0) is 6.61 Å². The Morgan fingerprint density at radius 1 is 1.20 bits per heavy atom. The van der Waals surface area contributed by atoms with Gasteiger partial charge in [0.15, 0.2) is 0 Å². The molecule has 2 heterocycles. The highest BCUT2D eigenvalue weighted by Gasteiger charge is 2.17. The van der Waals surface area contributed by atoms with E-state index in [0.717, 1.165) is 44.7 Å². The van der Waals surface area contributed by atoms with Gasteiger partial charge in [-0.15, -0.1) is 0 Å². The van der Waals surface area contributed by atoms with Crippen molar-refractivity contribution in [3.05, 3.63) is 46.8 Å². The molecule has 0 bridgehead atoms. The minimum absolute atomic E-state index is 0.0593. The molecule has 1 aromatic carbocycles. The Morgan fingerprint density at radius 3 is 2.65 bits per heavy atom. The Kier molecular flexibility index (Phi) is 3.03. The molecule has 0 fully saturated rings. The number of pyridine rings is 1. The van der Waals surface area contributed by atoms with E-state index in [1.807, 2.05) is 45.0 Å². The molecule has 0 atom stereocenters. The lowest BCUT2D eigenvalue weighted by Crippen LogP contribution is -1.97. The summed E-state index contributed by atoms with van der Waals surface area (Å²) < 4.78 is 5.22. The van der Waals surface area contributed by atoms with Crippen molar-refractivity contribution in [3.8, 4) is 11.3 Å². The standard InChI is InChI=1S/C16H16N2O2/c1-9-5-4-6-12-7-13(8-19)16(17-15(9)12)14-10(2)18-20-11(14)3/h4-7,19H,8H2,1-3H3. The number of benzene rings is 1. The van der Waals surface area contributed by atoms with Gasteiger partial charge in [-0.1, -0.05) is 23.4 Å². The van der Waals surface area contributed by atoms with Gasteiger partial charge >= 0.3 is 0 Å². The second kappa shape index (κ2) is 4.72. The second-order valence-electron chi connectivity index (χ2n) is 5.00. The van der Waals surface area contributed by atoms with Gasteiger partial charge in [0.05, 0.1) is 29.1 Å². The van der Waals surface area contributed by atoms with E-state index in [1.165, 1.54) is 0 Å². The summed E-state index contributed by atoms with van der Waals surface area (Å²) in [5.74, 6) is 0.720. The van der Waals surface area contributed by atoms with Gasteiger partial charge in [-0.2, -0.15) is 0 Å². The molecule has 3 aromatic rings. The van der Waals surface area contributed by atoms with Gasteiger partial charge in [-0.05, 0) is 32.4 Å². The van der Waals surface area contributed by atoms with Crippen LogP contribution in [-0.4, -0.2) is 15.2 Å². The first-order chi connectivity index (χ1) is 9.61. The molecule has 0 aliphatic carbocycles. The Labute approximate surface area is 117 Å². The zero-order valence-electron chi connectivity index (χ0n) is 11.8. The molecular formula is C16H16N2O2. The number of aliphatic hydroxyl groups is 1. The van der Waals surface area contributed by atoms with E-state index < -0.39 is 0 Å². The zero-order valence-corrected chi connectivity index (χ0v) is 11.8. The molecule has 0 saturated heterocycles. The van der Waals surface area contributed by atoms with Crippen LogP contribution in [0.1, 0.15) is 22.6 Å². The first-order valence-electron chi connectivity index (χ1n) is 6.55. The quantitative estimate of drug-likeness (QED) is 0.774. The third kappa shape index (κ3) is 1.89. The summed E-state index contributed by atoms with van der Waals surface area (Å²) in [6, 6.07) is 8.02. The maximum atomic E-state index is 9.64. The van der Waals surface area contributed by atoms with Crippen molar-refractivity contribution >= 4 is 10.9 Å². The van der Waals surface area contributed by atoms with Crippen molar-refractivity contribution in [2.24, 2.45) is 0 Å². The smallest absolute Gasteiger partial charge is 0.143 e. The average molecular weight is 268 g/mol. The van der Waals surface area contributed by atoms with Crippen LogP contribution in [0.4, 0.5) is 0 Å². The Hall–Kier alpha value is -2.20. The van der Waals surface area contributed by atoms with Crippen molar-refractivity contribution in [3.63, 3.8) is 0 Å². The summed E-state index contributed by atoms with van der Waals surface area (Å²) in [4.78, 5) is 4.75. The Bertz CT molecular complexity index is 771. The molecule has 4 nitrogen and oxygen atoms in total. The number of aromatic nitrogens is 2. The highest BCUT2D eigenvalue weighted by molar-refractivity contribution is 5.86. The molecular weight excluding hydrogens is 252 g/mol. The molecule has 0 aliphatic rings. The minimum Gasteiger partial charge on any atom is -0.392 e. The first kappa shape index (κ1) is 12.8. The average Bonchev–Trinajstić information content (AvgIpc) is 2.77. The summed E-state index contributed by atoms with van der Waals surface area (Å²) in [6.45, 7) is 5.72. The number of fused-ring (bicyclic) bond motifs is 1. The predicted molar refractivity (Wildman–Crippen MR) is 77.4 cm³/mol. The molecule has 4 heteroatoms. The van der Waals surface area contributed by atoms with Crippen molar-refractivity contribution in [2.45, 2.75) is 27.4 Å². The van der Waals surface area contributed by atoms with Crippen molar-refractivity contribution in [1.82, 2.24) is 10.1 Å². The number of rotatable bonds is 2. The third-order valence-electron chi connectivity index (χ3n) is 3.57. The van der Waals surface area contributed by atoms with Gasteiger partial charge in [-0.25, -0.2) is 4.98 Å². The van der Waals surface area contributed by atoms with E-state index in [2.05, 4.69) is 5.16 Å². The molecule has 3 rings (SSSR count). The highest BCUT2D eigenvalue weighted by atomic mass is 16.5. The zero-order chi connectivity index (χ0) is 14.3. The van der Waals surface area contributed by atoms with Crippen molar-refractivity contribution in [2.75, 3.05) is 0 Å². The summed E-state index contributed by atoms with van der Waals surface area (Å²) >= 11 is 0. The fourth-order valence-corrected chi connectivity index (χ4v) is 2.55. The molecule has 0 aliphatic heterocycles. The van der Waals surface area contributed by atoms with Gasteiger partial charge in [-0.3, -0.25) is 0 Å². The minimum atomic E-state index is -0.0593. The molecule has 0 amide bonds. The maximum Gasteiger partial charge on any atom is 0.143 e. The van der Waals surface area contributed by atoms with Crippen LogP contribution in [0.2, 0.25) is 0 Å². The molecule has 0 radical (unpaired) electrons. The van der Waals surface area contributed by atoms with Crippen molar-refractivity contribution < 1.29 is 9.63 Å². The lowest BCUT2D eigenvalue weighted by molar-refractivity contribution is 0.282. The van der Waals surface area contributed by atoms with Crippen LogP contribution < -0.4 is 0 Å². The van der Waals surface area contributed by atoms with E-state index in [0.29, 0.717) is 0 Å². The normalized spacial score (nSPS) is 11.2. The number of nitrogens with zero attached hydrogens (tertiary/aromatic N) is 2. The maximum absolute atomic E-state index is 9.64. The molecule has 2 aromatic heterocycles. The molecule has 102 valence electrons. The van der Waals surface area contributed by atoms with Crippen LogP contribution in [0.3, 0.4) is 0 Å². The topological polar surface area (TPSA) is 59.2 Å². The first-order valence-corrected chi connectivity index (χ1v) is 6.55. The molecule has 0 unspecified atom stereocenters. The summed E-state index contributed by atoms with van der Waals surface area (Å²) in [7, 11) is 0. The fraction of sp³-hybridized carbons (Fsp3) is 0.250. The number of para-hydroxylation sites is 1. The Morgan fingerprint density at radius 2 is 2.00 bits per heavy atom. The van der Waals surface area contributed by atoms with Gasteiger partial charge in [0.2, 0.25) is 0 Å². The molecule has 20 heavy (non-hydrogen) atoms. The van der Waals surface area contributed by atoms with E-state index >= 15 is 0 Å². The van der Waals surface area contributed by atoms with Crippen LogP contribution in [0.25, 0.3) is 22.2 Å². The number of hydrogen-bond acceptors (Lipinski definition) is 4. The Balaban J connectivity index is 2.37. The molecule has 0 saturated carbocycles. The van der Waals surface area contributed by atoms with Crippen LogP contribution in [0.5, 0.6) is 0 Å². The lowest BCUT2D eigenvalue weighted by Gasteiger charge is -2.10. The second-order valence-corrected chi connectivity index (χ2v) is 5.00. The van der Waals surface area contributed by atoms with Crippen LogP contribution in [0.15, 0.2) is 28.8 Å². The molecule has 0 spiro atoms. The molecule has 1 N–H and O–H groups in total. The predicted octanol–water partition coefficient (Wildman–Crippen LogP) is 3.31. The number of aliphatic hydroxyl groups excluding tert-OH is 1. The van der Waals surface area contributed by atoms with Crippen LogP contribution in [0, 0.1) is 20.8 Å². The third-order valence-corrected chi connectivity index (χ3v) is 3.57. The van der Waals surface area contributed by atoms with Crippen LogP contribution >= 0.6 is 0 Å². The summed E-state index contributed by atoms with van der Waals surface area (Å²) in [5, 5.41) is 14.6. The van der Waals surface area contributed by atoms with Gasteiger partial charge < -0.3 is 9.63 Å². The lowest BCUT2D eigenvalue weighted by atomic mass is 10.0. The number of hydrogen-bond donors (Lipinski definition) is 1. The SMILES string of the molecule is Cc1noc(C)c1-c1nc2c(C)cccc2cc1CO. The fourth-order valence-electron chi connectivity index (χ4n) is 2.55. The number of aryl methyl sites for hydroxylation is 3. The van der Waals surface area contributed by atoms with E-state index in [-0.39, 0.29) is 6.61 Å². The van der Waals surface area contributed by atoms with Gasteiger partial charge in [0.1, 0.15) is 5.76 Å². The van der Waals surface area contributed by atoms with E-state index in [9.17, 15) is 5.11 Å². The largest absolute Gasteiger partial charge is 0.392 e. The van der Waals surface area contributed by atoms with Gasteiger partial charge in [0, 0.05) is 10.9 Å². The summed E-state index contributed by atoms with van der Waals surface area (Å²) in [6.07, 6.45) is 0. The monoisotopic (exact) mass is 268 g/mol. The summed E-state index contributed by atoms with van der Waals surface area (Å²) in [5.41, 5.74) is 5.26.